The first-order valence-electron chi connectivity index (χ1n) is 9.64. The third-order valence-corrected chi connectivity index (χ3v) is 5.56. The maximum absolute atomic E-state index is 13.7. The van der Waals surface area contributed by atoms with E-state index in [-0.39, 0.29) is 12.0 Å². The van der Waals surface area contributed by atoms with E-state index < -0.39 is 5.41 Å². The number of nitrogens with zero attached hydrogens (tertiary/aromatic N) is 3. The van der Waals surface area contributed by atoms with Crippen molar-refractivity contribution in [3.8, 4) is 6.01 Å². The zero-order valence-corrected chi connectivity index (χ0v) is 15.4. The Morgan fingerprint density at radius 3 is 2.59 bits per heavy atom. The molecule has 2 aliphatic rings. The van der Waals surface area contributed by atoms with E-state index in [0.29, 0.717) is 25.8 Å². The Morgan fingerprint density at radius 1 is 1.11 bits per heavy atom. The van der Waals surface area contributed by atoms with Crippen LogP contribution < -0.4 is 4.74 Å². The Morgan fingerprint density at radius 2 is 1.85 bits per heavy atom. The lowest BCUT2D eigenvalue weighted by molar-refractivity contribution is -0.144. The Balaban J connectivity index is 1.52. The molecule has 0 N–H and O–H groups in total. The Kier molecular flexibility index (Phi) is 5.34. The number of rotatable bonds is 4. The molecule has 142 valence electrons. The normalized spacial score (nSPS) is 22.2. The molecule has 1 aromatic carbocycles. The molecule has 0 spiro atoms. The van der Waals surface area contributed by atoms with Gasteiger partial charge >= 0.3 is 6.01 Å². The number of benzene rings is 1. The van der Waals surface area contributed by atoms with E-state index in [4.69, 9.17) is 9.47 Å². The summed E-state index contributed by atoms with van der Waals surface area (Å²) < 4.78 is 11.5. The maximum Gasteiger partial charge on any atom is 0.316 e. The van der Waals surface area contributed by atoms with E-state index in [1.165, 1.54) is 0 Å². The number of piperidine rings is 1. The van der Waals surface area contributed by atoms with Gasteiger partial charge in [0.2, 0.25) is 5.91 Å². The van der Waals surface area contributed by atoms with Crippen LogP contribution in [0, 0.1) is 0 Å². The van der Waals surface area contributed by atoms with E-state index in [2.05, 4.69) is 22.1 Å². The van der Waals surface area contributed by atoms with Crippen LogP contribution in [-0.2, 0) is 14.9 Å². The zero-order chi connectivity index (χ0) is 18.5. The van der Waals surface area contributed by atoms with Crippen molar-refractivity contribution in [2.45, 2.75) is 37.2 Å². The molecule has 4 rings (SSSR count). The highest BCUT2D eigenvalue weighted by atomic mass is 16.5. The average molecular weight is 367 g/mol. The highest BCUT2D eigenvalue weighted by molar-refractivity contribution is 5.88. The first kappa shape index (κ1) is 17.9. The third kappa shape index (κ3) is 3.81. The highest BCUT2D eigenvalue weighted by Crippen LogP contribution is 2.37. The van der Waals surface area contributed by atoms with Crippen molar-refractivity contribution in [1.82, 2.24) is 14.9 Å². The molecular weight excluding hydrogens is 342 g/mol. The molecule has 0 saturated carbocycles. The molecule has 1 amide bonds. The van der Waals surface area contributed by atoms with Crippen LogP contribution in [0.2, 0.25) is 0 Å². The number of ether oxygens (including phenoxy) is 2. The highest BCUT2D eigenvalue weighted by Gasteiger charge is 2.45. The molecule has 6 heteroatoms. The number of carbonyl (C=O) groups excluding carboxylic acids is 1. The molecule has 0 radical (unpaired) electrons. The standard InChI is InChI=1S/C21H25N3O3/c25-19(21(9-14-26-15-10-21)17-6-2-1-3-7-17)24-13-4-8-18(16-24)27-20-22-11-5-12-23-20/h1-3,5-7,11-12,18H,4,8-10,13-16H2. The molecular formula is C21H25N3O3. The van der Waals surface area contributed by atoms with Gasteiger partial charge in [-0.2, -0.15) is 0 Å². The molecule has 3 heterocycles. The minimum absolute atomic E-state index is 0.0715. The molecule has 6 nitrogen and oxygen atoms in total. The molecule has 27 heavy (non-hydrogen) atoms. The van der Waals surface area contributed by atoms with E-state index in [1.54, 1.807) is 18.5 Å². The second kappa shape index (κ2) is 8.05. The lowest BCUT2D eigenvalue weighted by Gasteiger charge is -2.42. The number of aromatic nitrogens is 2. The molecule has 1 aromatic heterocycles. The second-order valence-corrected chi connectivity index (χ2v) is 7.23. The van der Waals surface area contributed by atoms with Gasteiger partial charge in [-0.3, -0.25) is 4.79 Å². The summed E-state index contributed by atoms with van der Waals surface area (Å²) in [4.78, 5) is 23.9. The Bertz CT molecular complexity index is 748. The first-order valence-corrected chi connectivity index (χ1v) is 9.64. The number of hydrogen-bond donors (Lipinski definition) is 0. The summed E-state index contributed by atoms with van der Waals surface area (Å²) in [6, 6.07) is 12.3. The molecule has 2 fully saturated rings. The van der Waals surface area contributed by atoms with Crippen molar-refractivity contribution in [2.75, 3.05) is 26.3 Å². The number of likely N-dealkylation sites (tertiary alicyclic amines) is 1. The van der Waals surface area contributed by atoms with Gasteiger partial charge in [-0.05, 0) is 37.3 Å². The van der Waals surface area contributed by atoms with Crippen LogP contribution in [-0.4, -0.2) is 53.2 Å². The van der Waals surface area contributed by atoms with Crippen LogP contribution >= 0.6 is 0 Å². The lowest BCUT2D eigenvalue weighted by Crippen LogP contribution is -2.54. The fraction of sp³-hybridized carbons (Fsp3) is 0.476. The molecule has 2 aromatic rings. The van der Waals surface area contributed by atoms with Gasteiger partial charge in [-0.25, -0.2) is 9.97 Å². The van der Waals surface area contributed by atoms with Crippen molar-refractivity contribution in [2.24, 2.45) is 0 Å². The van der Waals surface area contributed by atoms with Crippen molar-refractivity contribution in [1.29, 1.82) is 0 Å². The van der Waals surface area contributed by atoms with Gasteiger partial charge < -0.3 is 14.4 Å². The molecule has 0 aliphatic carbocycles. The second-order valence-electron chi connectivity index (χ2n) is 7.23. The lowest BCUT2D eigenvalue weighted by atomic mass is 9.72. The van der Waals surface area contributed by atoms with Crippen molar-refractivity contribution in [3.05, 3.63) is 54.4 Å². The van der Waals surface area contributed by atoms with Crippen molar-refractivity contribution in [3.63, 3.8) is 0 Å². The molecule has 0 bridgehead atoms. The maximum atomic E-state index is 13.7. The van der Waals surface area contributed by atoms with Crippen molar-refractivity contribution < 1.29 is 14.3 Å². The first-order chi connectivity index (χ1) is 13.3. The molecule has 2 aliphatic heterocycles. The van der Waals surface area contributed by atoms with Crippen LogP contribution in [0.15, 0.2) is 48.8 Å². The predicted octanol–water partition coefficient (Wildman–Crippen LogP) is 2.59. The molecule has 1 atom stereocenters. The van der Waals surface area contributed by atoms with E-state index in [1.807, 2.05) is 23.1 Å². The van der Waals surface area contributed by atoms with E-state index in [9.17, 15) is 4.79 Å². The Hall–Kier alpha value is -2.47. The quantitative estimate of drug-likeness (QED) is 0.831. The van der Waals surface area contributed by atoms with Crippen LogP contribution in [0.1, 0.15) is 31.2 Å². The predicted molar refractivity (Wildman–Crippen MR) is 100 cm³/mol. The summed E-state index contributed by atoms with van der Waals surface area (Å²) in [5, 5.41) is 0. The summed E-state index contributed by atoms with van der Waals surface area (Å²) in [5.74, 6) is 0.194. The van der Waals surface area contributed by atoms with Gasteiger partial charge in [0.05, 0.1) is 12.0 Å². The number of carbonyl (C=O) groups is 1. The monoisotopic (exact) mass is 367 g/mol. The van der Waals surface area contributed by atoms with Crippen LogP contribution in [0.5, 0.6) is 6.01 Å². The topological polar surface area (TPSA) is 64.6 Å². The number of hydrogen-bond acceptors (Lipinski definition) is 5. The number of amides is 1. The molecule has 2 saturated heterocycles. The van der Waals surface area contributed by atoms with Gasteiger partial charge in [0.25, 0.3) is 0 Å². The fourth-order valence-electron chi connectivity index (χ4n) is 4.12. The largest absolute Gasteiger partial charge is 0.458 e. The van der Waals surface area contributed by atoms with Crippen LogP contribution in [0.3, 0.4) is 0 Å². The van der Waals surface area contributed by atoms with Gasteiger partial charge in [0.1, 0.15) is 6.10 Å². The van der Waals surface area contributed by atoms with Gasteiger partial charge in [-0.15, -0.1) is 0 Å². The van der Waals surface area contributed by atoms with Crippen LogP contribution in [0.4, 0.5) is 0 Å². The minimum Gasteiger partial charge on any atom is -0.458 e. The summed E-state index contributed by atoms with van der Waals surface area (Å²) in [6.45, 7) is 2.58. The zero-order valence-electron chi connectivity index (χ0n) is 15.4. The smallest absolute Gasteiger partial charge is 0.316 e. The average Bonchev–Trinajstić information content (AvgIpc) is 2.75. The summed E-state index contributed by atoms with van der Waals surface area (Å²) in [6.07, 6.45) is 6.53. The van der Waals surface area contributed by atoms with Gasteiger partial charge in [0.15, 0.2) is 0 Å². The summed E-state index contributed by atoms with van der Waals surface area (Å²) in [7, 11) is 0. The minimum atomic E-state index is -0.495. The summed E-state index contributed by atoms with van der Waals surface area (Å²) in [5.41, 5.74) is 0.595. The Labute approximate surface area is 159 Å². The third-order valence-electron chi connectivity index (χ3n) is 5.56. The van der Waals surface area contributed by atoms with Gasteiger partial charge in [0, 0.05) is 32.2 Å². The van der Waals surface area contributed by atoms with Gasteiger partial charge in [-0.1, -0.05) is 30.3 Å². The fourth-order valence-corrected chi connectivity index (χ4v) is 4.12. The van der Waals surface area contributed by atoms with Crippen molar-refractivity contribution >= 4 is 5.91 Å². The van der Waals surface area contributed by atoms with Crippen LogP contribution in [0.25, 0.3) is 0 Å². The molecule has 1 unspecified atom stereocenters. The van der Waals surface area contributed by atoms with E-state index >= 15 is 0 Å². The SMILES string of the molecule is O=C(N1CCCC(Oc2ncccn2)C1)C1(c2ccccc2)CCOCC1. The summed E-state index contributed by atoms with van der Waals surface area (Å²) >= 11 is 0. The van der Waals surface area contributed by atoms with E-state index in [0.717, 1.165) is 37.8 Å².